The van der Waals surface area contributed by atoms with E-state index in [0.29, 0.717) is 5.88 Å². The minimum absolute atomic E-state index is 0.625. The van der Waals surface area contributed by atoms with Crippen molar-refractivity contribution < 1.29 is 0 Å². The molecule has 0 unspecified atom stereocenters. The van der Waals surface area contributed by atoms with Gasteiger partial charge in [-0.2, -0.15) is 11.8 Å². The van der Waals surface area contributed by atoms with Crippen molar-refractivity contribution in [2.24, 2.45) is 0 Å². The van der Waals surface area contributed by atoms with Crippen molar-refractivity contribution in [1.82, 2.24) is 0 Å². The molecule has 1 fully saturated rings. The third kappa shape index (κ3) is 3.53. The van der Waals surface area contributed by atoms with Gasteiger partial charge < -0.3 is 0 Å². The lowest BCUT2D eigenvalue weighted by molar-refractivity contribution is 0.886. The fourth-order valence-electron chi connectivity index (χ4n) is 1.33. The van der Waals surface area contributed by atoms with E-state index >= 15 is 0 Å². The monoisotopic (exact) mass is 190 g/mol. The van der Waals surface area contributed by atoms with E-state index in [9.17, 15) is 0 Å². The van der Waals surface area contributed by atoms with Crippen molar-refractivity contribution in [2.45, 2.75) is 30.9 Å². The van der Waals surface area contributed by atoms with E-state index < -0.39 is 0 Å². The summed E-state index contributed by atoms with van der Waals surface area (Å²) in [7, 11) is 0. The number of alkyl halides is 1. The molecule has 0 aromatic carbocycles. The average Bonchev–Trinajstić information content (AvgIpc) is 2.52. The van der Waals surface area contributed by atoms with Gasteiger partial charge in [0.2, 0.25) is 0 Å². The Morgan fingerprint density at radius 1 is 1.45 bits per heavy atom. The molecule has 0 atom stereocenters. The first-order valence-electron chi connectivity index (χ1n) is 4.17. The van der Waals surface area contributed by atoms with Crippen molar-refractivity contribution in [2.75, 3.05) is 11.6 Å². The molecule has 0 spiro atoms. The van der Waals surface area contributed by atoms with Gasteiger partial charge in [-0.05, 0) is 12.8 Å². The van der Waals surface area contributed by atoms with E-state index in [2.05, 4.69) is 6.58 Å². The lowest BCUT2D eigenvalue weighted by Gasteiger charge is -2.07. The second-order valence-corrected chi connectivity index (χ2v) is 4.66. The van der Waals surface area contributed by atoms with Crippen molar-refractivity contribution in [3.05, 3.63) is 12.2 Å². The van der Waals surface area contributed by atoms with Crippen LogP contribution in [0.3, 0.4) is 0 Å². The Labute approximate surface area is 78.4 Å². The molecule has 1 saturated carbocycles. The van der Waals surface area contributed by atoms with E-state index in [1.54, 1.807) is 0 Å². The van der Waals surface area contributed by atoms with Gasteiger partial charge in [0.1, 0.15) is 0 Å². The Balaban J connectivity index is 2.06. The van der Waals surface area contributed by atoms with Gasteiger partial charge in [0.15, 0.2) is 0 Å². The molecule has 1 rings (SSSR count). The molecule has 0 N–H and O–H groups in total. The average molecular weight is 191 g/mol. The minimum atomic E-state index is 0.625. The maximum absolute atomic E-state index is 5.62. The van der Waals surface area contributed by atoms with Gasteiger partial charge in [0, 0.05) is 16.9 Å². The van der Waals surface area contributed by atoms with Crippen LogP contribution in [0.25, 0.3) is 0 Å². The van der Waals surface area contributed by atoms with Gasteiger partial charge in [0.25, 0.3) is 0 Å². The second kappa shape index (κ2) is 5.10. The molecule has 11 heavy (non-hydrogen) atoms. The quantitative estimate of drug-likeness (QED) is 0.484. The predicted octanol–water partition coefficient (Wildman–Crippen LogP) is 3.46. The number of hydrogen-bond acceptors (Lipinski definition) is 1. The third-order valence-electron chi connectivity index (χ3n) is 2.01. The fourth-order valence-corrected chi connectivity index (χ4v) is 2.78. The lowest BCUT2D eigenvalue weighted by Crippen LogP contribution is -1.97. The Kier molecular flexibility index (Phi) is 4.39. The van der Waals surface area contributed by atoms with Crippen LogP contribution in [-0.2, 0) is 0 Å². The molecule has 0 aromatic heterocycles. The van der Waals surface area contributed by atoms with Crippen LogP contribution in [-0.4, -0.2) is 16.9 Å². The van der Waals surface area contributed by atoms with Crippen molar-refractivity contribution in [3.8, 4) is 0 Å². The largest absolute Gasteiger partial charge is 0.154 e. The molecule has 1 aliphatic carbocycles. The lowest BCUT2D eigenvalue weighted by atomic mass is 10.4. The molecule has 0 aromatic rings. The number of thioether (sulfide) groups is 1. The van der Waals surface area contributed by atoms with E-state index in [4.69, 9.17) is 11.6 Å². The van der Waals surface area contributed by atoms with Crippen LogP contribution >= 0.6 is 23.4 Å². The first-order chi connectivity index (χ1) is 5.33. The van der Waals surface area contributed by atoms with Crippen molar-refractivity contribution >= 4 is 23.4 Å². The summed E-state index contributed by atoms with van der Waals surface area (Å²) in [6, 6.07) is 0. The third-order valence-corrected chi connectivity index (χ3v) is 3.91. The highest BCUT2D eigenvalue weighted by Gasteiger charge is 2.14. The molecule has 0 radical (unpaired) electrons. The van der Waals surface area contributed by atoms with Gasteiger partial charge >= 0.3 is 0 Å². The maximum atomic E-state index is 5.62. The first kappa shape index (κ1) is 9.47. The molecule has 0 aliphatic heterocycles. The van der Waals surface area contributed by atoms with Crippen LogP contribution in [0.4, 0.5) is 0 Å². The number of rotatable bonds is 4. The standard InChI is InChI=1S/C9H15ClS/c1-8(6-10)7-11-9-4-2-3-5-9/h9H,1-7H2. The van der Waals surface area contributed by atoms with Crippen molar-refractivity contribution in [3.63, 3.8) is 0 Å². The summed E-state index contributed by atoms with van der Waals surface area (Å²) in [6.45, 7) is 3.88. The highest BCUT2D eigenvalue weighted by Crippen LogP contribution is 2.30. The summed E-state index contributed by atoms with van der Waals surface area (Å²) in [4.78, 5) is 0. The molecule has 0 heterocycles. The smallest absolute Gasteiger partial charge is 0.0439 e. The summed E-state index contributed by atoms with van der Waals surface area (Å²) in [5, 5.41) is 0.898. The highest BCUT2D eigenvalue weighted by atomic mass is 35.5. The van der Waals surface area contributed by atoms with Gasteiger partial charge in [-0.1, -0.05) is 25.0 Å². The van der Waals surface area contributed by atoms with Crippen molar-refractivity contribution in [1.29, 1.82) is 0 Å². The predicted molar refractivity (Wildman–Crippen MR) is 54.6 cm³/mol. The summed E-state index contributed by atoms with van der Waals surface area (Å²) in [6.07, 6.45) is 5.65. The van der Waals surface area contributed by atoms with E-state index in [1.165, 1.54) is 31.3 Å². The van der Waals surface area contributed by atoms with Gasteiger partial charge in [-0.3, -0.25) is 0 Å². The van der Waals surface area contributed by atoms with Crippen LogP contribution in [0.5, 0.6) is 0 Å². The van der Waals surface area contributed by atoms with Gasteiger partial charge in [0.05, 0.1) is 0 Å². The summed E-state index contributed by atoms with van der Waals surface area (Å²) >= 11 is 7.66. The molecule has 0 bridgehead atoms. The Hall–Kier alpha value is 0.380. The van der Waals surface area contributed by atoms with E-state index in [-0.39, 0.29) is 0 Å². The van der Waals surface area contributed by atoms with Crippen LogP contribution in [0, 0.1) is 0 Å². The topological polar surface area (TPSA) is 0 Å². The number of hydrogen-bond donors (Lipinski definition) is 0. The molecule has 64 valence electrons. The Morgan fingerprint density at radius 2 is 2.09 bits per heavy atom. The first-order valence-corrected chi connectivity index (χ1v) is 5.75. The van der Waals surface area contributed by atoms with Crippen LogP contribution in [0.15, 0.2) is 12.2 Å². The molecule has 0 nitrogen and oxygen atoms in total. The molecular formula is C9H15ClS. The summed E-state index contributed by atoms with van der Waals surface area (Å²) in [5.41, 5.74) is 1.17. The zero-order valence-electron chi connectivity index (χ0n) is 6.81. The van der Waals surface area contributed by atoms with E-state index in [1.807, 2.05) is 11.8 Å². The van der Waals surface area contributed by atoms with Gasteiger partial charge in [-0.25, -0.2) is 0 Å². The fraction of sp³-hybridized carbons (Fsp3) is 0.778. The summed E-state index contributed by atoms with van der Waals surface area (Å²) < 4.78 is 0. The SMILES string of the molecule is C=C(CCl)CSC1CCCC1. The Morgan fingerprint density at radius 3 is 2.64 bits per heavy atom. The molecule has 0 saturated heterocycles. The second-order valence-electron chi connectivity index (χ2n) is 3.10. The highest BCUT2D eigenvalue weighted by molar-refractivity contribution is 8.00. The van der Waals surface area contributed by atoms with Crippen LogP contribution in [0.2, 0.25) is 0 Å². The maximum Gasteiger partial charge on any atom is 0.0439 e. The zero-order valence-corrected chi connectivity index (χ0v) is 8.39. The number of halogens is 1. The molecular weight excluding hydrogens is 176 g/mol. The van der Waals surface area contributed by atoms with Gasteiger partial charge in [-0.15, -0.1) is 11.6 Å². The normalized spacial score (nSPS) is 19.0. The molecule has 0 amide bonds. The molecule has 2 heteroatoms. The van der Waals surface area contributed by atoms with Crippen LogP contribution < -0.4 is 0 Å². The van der Waals surface area contributed by atoms with E-state index in [0.717, 1.165) is 11.0 Å². The zero-order chi connectivity index (χ0) is 8.10. The Bertz CT molecular complexity index is 128. The summed E-state index contributed by atoms with van der Waals surface area (Å²) in [5.74, 6) is 1.69. The molecule has 1 aliphatic rings. The van der Waals surface area contributed by atoms with Crippen LogP contribution in [0.1, 0.15) is 25.7 Å². The minimum Gasteiger partial charge on any atom is -0.154 e.